The lowest BCUT2D eigenvalue weighted by atomic mass is 10.3. The number of nitrogens with zero attached hydrogens (tertiary/aromatic N) is 1. The predicted molar refractivity (Wildman–Crippen MR) is 67.6 cm³/mol. The topological polar surface area (TPSA) is 95.1 Å². The highest BCUT2D eigenvalue weighted by Gasteiger charge is 2.18. The van der Waals surface area contributed by atoms with Crippen LogP contribution in [-0.4, -0.2) is 36.6 Å². The molecule has 0 fully saturated rings. The van der Waals surface area contributed by atoms with E-state index in [0.29, 0.717) is 30.4 Å². The van der Waals surface area contributed by atoms with Crippen molar-refractivity contribution in [1.82, 2.24) is 14.7 Å². The Morgan fingerprint density at radius 2 is 2.22 bits per heavy atom. The Kier molecular flexibility index (Phi) is 3.95. The third-order valence-electron chi connectivity index (χ3n) is 2.58. The summed E-state index contributed by atoms with van der Waals surface area (Å²) in [5, 5.41) is 9.21. The fourth-order valence-corrected chi connectivity index (χ4v) is 2.91. The molecule has 0 aliphatic heterocycles. The lowest BCUT2D eigenvalue weighted by Gasteiger charge is -2.04. The van der Waals surface area contributed by atoms with Crippen molar-refractivity contribution in [3.63, 3.8) is 0 Å². The second-order valence-corrected chi connectivity index (χ2v) is 5.62. The molecule has 0 saturated heterocycles. The minimum atomic E-state index is -3.53. The molecule has 0 bridgehead atoms. The number of pyridine rings is 1. The average Bonchev–Trinajstić information content (AvgIpc) is 2.79. The molecule has 0 atom stereocenters. The zero-order valence-corrected chi connectivity index (χ0v) is 10.6. The van der Waals surface area contributed by atoms with Gasteiger partial charge in [-0.05, 0) is 25.0 Å². The van der Waals surface area contributed by atoms with E-state index in [2.05, 4.69) is 14.7 Å². The van der Waals surface area contributed by atoms with E-state index in [4.69, 9.17) is 5.11 Å². The van der Waals surface area contributed by atoms with Crippen LogP contribution in [0.25, 0.3) is 11.0 Å². The summed E-state index contributed by atoms with van der Waals surface area (Å²) in [5.74, 6) is 0. The first-order valence-corrected chi connectivity index (χ1v) is 7.16. The van der Waals surface area contributed by atoms with Gasteiger partial charge in [-0.3, -0.25) is 0 Å². The summed E-state index contributed by atoms with van der Waals surface area (Å²) in [6.45, 7) is 0.383. The molecule has 6 nitrogen and oxygen atoms in total. The van der Waals surface area contributed by atoms with E-state index in [1.165, 1.54) is 6.20 Å². The van der Waals surface area contributed by atoms with E-state index >= 15 is 0 Å². The lowest BCUT2D eigenvalue weighted by molar-refractivity contribution is 0.285. The van der Waals surface area contributed by atoms with Crippen molar-refractivity contribution in [1.29, 1.82) is 0 Å². The summed E-state index contributed by atoms with van der Waals surface area (Å²) in [7, 11) is -3.53. The van der Waals surface area contributed by atoms with Crippen molar-refractivity contribution in [3.05, 3.63) is 24.5 Å². The van der Waals surface area contributed by atoms with Gasteiger partial charge in [0, 0.05) is 30.9 Å². The lowest BCUT2D eigenvalue weighted by Crippen LogP contribution is -2.24. The van der Waals surface area contributed by atoms with Crippen LogP contribution in [0.5, 0.6) is 0 Å². The highest BCUT2D eigenvalue weighted by Crippen LogP contribution is 2.20. The molecule has 18 heavy (non-hydrogen) atoms. The van der Waals surface area contributed by atoms with Crippen molar-refractivity contribution in [3.8, 4) is 0 Å². The van der Waals surface area contributed by atoms with Crippen LogP contribution in [0, 0.1) is 0 Å². The summed E-state index contributed by atoms with van der Waals surface area (Å²) in [6.07, 6.45) is 4.23. The molecule has 0 aliphatic rings. The van der Waals surface area contributed by atoms with Gasteiger partial charge >= 0.3 is 0 Å². The number of aliphatic hydroxyl groups excluding tert-OH is 1. The number of H-pyrrole nitrogens is 1. The SMILES string of the molecule is O=S(=O)(NCCCCO)c1c[nH]c2ncccc12. The molecule has 0 amide bonds. The van der Waals surface area contributed by atoms with Crippen LogP contribution in [-0.2, 0) is 10.0 Å². The van der Waals surface area contributed by atoms with E-state index < -0.39 is 10.0 Å². The van der Waals surface area contributed by atoms with Gasteiger partial charge in [0.1, 0.15) is 10.5 Å². The molecule has 0 aromatic carbocycles. The maximum Gasteiger partial charge on any atom is 0.242 e. The Balaban J connectivity index is 2.19. The van der Waals surface area contributed by atoms with Crippen LogP contribution < -0.4 is 4.72 Å². The van der Waals surface area contributed by atoms with Gasteiger partial charge in [-0.2, -0.15) is 0 Å². The maximum atomic E-state index is 12.0. The monoisotopic (exact) mass is 269 g/mol. The zero-order valence-electron chi connectivity index (χ0n) is 9.76. The smallest absolute Gasteiger partial charge is 0.242 e. The third-order valence-corrected chi connectivity index (χ3v) is 4.08. The highest BCUT2D eigenvalue weighted by molar-refractivity contribution is 7.89. The molecule has 0 unspecified atom stereocenters. The number of fused-ring (bicyclic) bond motifs is 1. The van der Waals surface area contributed by atoms with Gasteiger partial charge < -0.3 is 10.1 Å². The standard InChI is InChI=1S/C11H15N3O3S/c15-7-2-1-6-14-18(16,17)10-8-13-11-9(10)4-3-5-12-11/h3-5,8,14-15H,1-2,6-7H2,(H,12,13). The summed E-state index contributed by atoms with van der Waals surface area (Å²) in [4.78, 5) is 7.07. The van der Waals surface area contributed by atoms with E-state index in [9.17, 15) is 8.42 Å². The number of sulfonamides is 1. The number of aliphatic hydroxyl groups is 1. The van der Waals surface area contributed by atoms with Gasteiger partial charge in [-0.1, -0.05) is 0 Å². The number of aromatic nitrogens is 2. The van der Waals surface area contributed by atoms with Crippen molar-refractivity contribution in [2.75, 3.05) is 13.2 Å². The van der Waals surface area contributed by atoms with Gasteiger partial charge in [-0.25, -0.2) is 18.1 Å². The summed E-state index contributed by atoms with van der Waals surface area (Å²) >= 11 is 0. The number of nitrogens with one attached hydrogen (secondary N) is 2. The van der Waals surface area contributed by atoms with Crippen molar-refractivity contribution < 1.29 is 13.5 Å². The second kappa shape index (κ2) is 5.47. The van der Waals surface area contributed by atoms with E-state index in [1.807, 2.05) is 0 Å². The molecule has 0 spiro atoms. The quantitative estimate of drug-likeness (QED) is 0.670. The molecule has 0 radical (unpaired) electrons. The third kappa shape index (κ3) is 2.69. The van der Waals surface area contributed by atoms with E-state index in [0.717, 1.165) is 0 Å². The molecule has 2 aromatic rings. The summed E-state index contributed by atoms with van der Waals surface area (Å²) in [5.41, 5.74) is 0.549. The van der Waals surface area contributed by atoms with Gasteiger partial charge in [0.05, 0.1) is 0 Å². The molecular weight excluding hydrogens is 254 g/mol. The minimum Gasteiger partial charge on any atom is -0.396 e. The second-order valence-electron chi connectivity index (χ2n) is 3.88. The molecule has 7 heteroatoms. The van der Waals surface area contributed by atoms with Crippen molar-refractivity contribution in [2.45, 2.75) is 17.7 Å². The number of unbranched alkanes of at least 4 members (excludes halogenated alkanes) is 1. The van der Waals surface area contributed by atoms with Crippen molar-refractivity contribution >= 4 is 21.1 Å². The molecular formula is C11H15N3O3S. The Morgan fingerprint density at radius 1 is 1.39 bits per heavy atom. The van der Waals surface area contributed by atoms with Crippen LogP contribution in [0.1, 0.15) is 12.8 Å². The van der Waals surface area contributed by atoms with E-state index in [1.54, 1.807) is 18.3 Å². The Labute approximate surface area is 105 Å². The first kappa shape index (κ1) is 13.0. The molecule has 0 saturated carbocycles. The maximum absolute atomic E-state index is 12.0. The average molecular weight is 269 g/mol. The van der Waals surface area contributed by atoms with Crippen LogP contribution in [0.15, 0.2) is 29.4 Å². The molecule has 2 aromatic heterocycles. The Bertz CT molecular complexity index is 621. The van der Waals surface area contributed by atoms with Crippen LogP contribution >= 0.6 is 0 Å². The molecule has 0 aliphatic carbocycles. The number of rotatable bonds is 6. The predicted octanol–water partition coefficient (Wildman–Crippen LogP) is 0.614. The fraction of sp³-hybridized carbons (Fsp3) is 0.364. The van der Waals surface area contributed by atoms with Gasteiger partial charge in [0.25, 0.3) is 0 Å². The zero-order chi connectivity index (χ0) is 13.0. The number of aromatic amines is 1. The highest BCUT2D eigenvalue weighted by atomic mass is 32.2. The largest absolute Gasteiger partial charge is 0.396 e. The van der Waals surface area contributed by atoms with Crippen LogP contribution in [0.3, 0.4) is 0 Å². The van der Waals surface area contributed by atoms with Gasteiger partial charge in [-0.15, -0.1) is 0 Å². The van der Waals surface area contributed by atoms with Crippen LogP contribution in [0.4, 0.5) is 0 Å². The Hall–Kier alpha value is -1.44. The summed E-state index contributed by atoms with van der Waals surface area (Å²) in [6, 6.07) is 3.40. The number of hydrogen-bond acceptors (Lipinski definition) is 4. The molecule has 2 rings (SSSR count). The van der Waals surface area contributed by atoms with Crippen LogP contribution in [0.2, 0.25) is 0 Å². The van der Waals surface area contributed by atoms with Gasteiger partial charge in [0.2, 0.25) is 10.0 Å². The molecule has 3 N–H and O–H groups in total. The first-order chi connectivity index (χ1) is 8.65. The van der Waals surface area contributed by atoms with Crippen molar-refractivity contribution in [2.24, 2.45) is 0 Å². The summed E-state index contributed by atoms with van der Waals surface area (Å²) < 4.78 is 26.6. The van der Waals surface area contributed by atoms with Gasteiger partial charge in [0.15, 0.2) is 0 Å². The number of hydrogen-bond donors (Lipinski definition) is 3. The molecule has 2 heterocycles. The Morgan fingerprint density at radius 3 is 3.00 bits per heavy atom. The van der Waals surface area contributed by atoms with E-state index in [-0.39, 0.29) is 11.5 Å². The minimum absolute atomic E-state index is 0.0682. The molecule has 98 valence electrons. The first-order valence-electron chi connectivity index (χ1n) is 5.68. The normalized spacial score (nSPS) is 12.1. The fourth-order valence-electron chi connectivity index (χ4n) is 1.67.